The van der Waals surface area contributed by atoms with Crippen LogP contribution in [0.4, 0.5) is 0 Å². The van der Waals surface area contributed by atoms with Crippen molar-refractivity contribution in [1.29, 1.82) is 0 Å². The molecule has 4 heteroatoms. The van der Waals surface area contributed by atoms with Crippen molar-refractivity contribution in [2.45, 2.75) is 24.4 Å². The number of hydrogen-bond acceptors (Lipinski definition) is 4. The summed E-state index contributed by atoms with van der Waals surface area (Å²) < 4.78 is 0. The molecule has 1 aliphatic rings. The summed E-state index contributed by atoms with van der Waals surface area (Å²) in [6, 6.07) is 0. The Balaban J connectivity index is 2.47. The molecule has 68 valence electrons. The van der Waals surface area contributed by atoms with Gasteiger partial charge in [-0.3, -0.25) is 4.79 Å². The van der Waals surface area contributed by atoms with E-state index in [0.717, 1.165) is 18.4 Å². The van der Waals surface area contributed by atoms with Crippen LogP contribution in [0.15, 0.2) is 11.4 Å². The molecule has 0 radical (unpaired) electrons. The molecule has 0 spiro atoms. The maximum absolute atomic E-state index is 11.5. The lowest BCUT2D eigenvalue weighted by Gasteiger charge is -2.12. The zero-order valence-corrected chi connectivity index (χ0v) is 8.23. The number of fused-ring (bicyclic) bond motifs is 1. The number of Topliss-reactive ketones (excluding diaryl/α,β-unsaturated/α-hetero) is 1. The highest BCUT2D eigenvalue weighted by Gasteiger charge is 2.19. The average Bonchev–Trinajstić information content (AvgIpc) is 2.18. The van der Waals surface area contributed by atoms with Gasteiger partial charge in [-0.15, -0.1) is 0 Å². The molecule has 1 aromatic heterocycles. The van der Waals surface area contributed by atoms with Crippen molar-refractivity contribution in [3.05, 3.63) is 17.5 Å². The first-order valence-corrected chi connectivity index (χ1v) is 5.47. The van der Waals surface area contributed by atoms with Gasteiger partial charge in [0.15, 0.2) is 10.9 Å². The molecule has 0 atom stereocenters. The molecular weight excluding hydrogens is 184 g/mol. The average molecular weight is 194 g/mol. The van der Waals surface area contributed by atoms with E-state index in [0.29, 0.717) is 17.3 Å². The van der Waals surface area contributed by atoms with Gasteiger partial charge < -0.3 is 0 Å². The first-order chi connectivity index (χ1) is 6.31. The predicted molar refractivity (Wildman–Crippen MR) is 51.1 cm³/mol. The fourth-order valence-corrected chi connectivity index (χ4v) is 1.81. The zero-order valence-electron chi connectivity index (χ0n) is 7.41. The molecular formula is C9H10N2OS. The standard InChI is InChI=1S/C9H10N2OS/c1-13-9-10-5-6-3-2-4-7(12)8(6)11-9/h5H,2-4H2,1H3. The summed E-state index contributed by atoms with van der Waals surface area (Å²) in [6.07, 6.45) is 6.21. The van der Waals surface area contributed by atoms with Crippen molar-refractivity contribution in [3.63, 3.8) is 0 Å². The van der Waals surface area contributed by atoms with E-state index in [2.05, 4.69) is 9.97 Å². The summed E-state index contributed by atoms with van der Waals surface area (Å²) in [6.45, 7) is 0. The van der Waals surface area contributed by atoms with E-state index >= 15 is 0 Å². The van der Waals surface area contributed by atoms with Crippen LogP contribution in [-0.4, -0.2) is 22.0 Å². The number of aromatic nitrogens is 2. The Bertz CT molecular complexity index is 351. The largest absolute Gasteiger partial charge is 0.292 e. The van der Waals surface area contributed by atoms with Crippen molar-refractivity contribution < 1.29 is 4.79 Å². The molecule has 0 saturated heterocycles. The van der Waals surface area contributed by atoms with Gasteiger partial charge >= 0.3 is 0 Å². The van der Waals surface area contributed by atoms with Crippen LogP contribution >= 0.6 is 11.8 Å². The maximum Gasteiger partial charge on any atom is 0.187 e. The number of carbonyl (C=O) groups is 1. The minimum Gasteiger partial charge on any atom is -0.292 e. The molecule has 0 bridgehead atoms. The van der Waals surface area contributed by atoms with E-state index in [4.69, 9.17) is 0 Å². The predicted octanol–water partition coefficient (Wildman–Crippen LogP) is 1.72. The molecule has 0 N–H and O–H groups in total. The molecule has 1 aromatic rings. The van der Waals surface area contributed by atoms with Crippen molar-refractivity contribution in [1.82, 2.24) is 9.97 Å². The van der Waals surface area contributed by atoms with Gasteiger partial charge in [-0.25, -0.2) is 9.97 Å². The van der Waals surface area contributed by atoms with Gasteiger partial charge in [0.1, 0.15) is 5.69 Å². The molecule has 0 unspecified atom stereocenters. The molecule has 0 aliphatic heterocycles. The first kappa shape index (κ1) is 8.69. The topological polar surface area (TPSA) is 42.9 Å². The van der Waals surface area contributed by atoms with Crippen molar-refractivity contribution >= 4 is 17.5 Å². The Morgan fingerprint density at radius 2 is 2.31 bits per heavy atom. The first-order valence-electron chi connectivity index (χ1n) is 4.24. The van der Waals surface area contributed by atoms with Gasteiger partial charge in [0.2, 0.25) is 0 Å². The fraction of sp³-hybridized carbons (Fsp3) is 0.444. The van der Waals surface area contributed by atoms with Crippen LogP contribution < -0.4 is 0 Å². The lowest BCUT2D eigenvalue weighted by molar-refractivity contribution is 0.0966. The molecule has 0 saturated carbocycles. The van der Waals surface area contributed by atoms with Gasteiger partial charge in [0.05, 0.1) is 0 Å². The van der Waals surface area contributed by atoms with Gasteiger partial charge in [-0.1, -0.05) is 11.8 Å². The molecule has 0 amide bonds. The highest BCUT2D eigenvalue weighted by Crippen LogP contribution is 2.20. The van der Waals surface area contributed by atoms with Gasteiger partial charge in [-0.2, -0.15) is 0 Å². The Labute approximate surface area is 81.0 Å². The van der Waals surface area contributed by atoms with Crippen LogP contribution in [-0.2, 0) is 6.42 Å². The Kier molecular flexibility index (Phi) is 2.31. The van der Waals surface area contributed by atoms with Crippen LogP contribution in [0.3, 0.4) is 0 Å². The van der Waals surface area contributed by atoms with Gasteiger partial charge in [0, 0.05) is 12.6 Å². The highest BCUT2D eigenvalue weighted by atomic mass is 32.2. The van der Waals surface area contributed by atoms with Crippen LogP contribution in [0.25, 0.3) is 0 Å². The number of rotatable bonds is 1. The number of carbonyl (C=O) groups excluding carboxylic acids is 1. The van der Waals surface area contributed by atoms with Gasteiger partial charge in [-0.05, 0) is 24.7 Å². The van der Waals surface area contributed by atoms with Gasteiger partial charge in [0.25, 0.3) is 0 Å². The second kappa shape index (κ2) is 3.46. The smallest absolute Gasteiger partial charge is 0.187 e. The van der Waals surface area contributed by atoms with Crippen LogP contribution in [0, 0.1) is 0 Å². The molecule has 2 rings (SSSR count). The van der Waals surface area contributed by atoms with Crippen molar-refractivity contribution in [2.24, 2.45) is 0 Å². The monoisotopic (exact) mass is 194 g/mol. The SMILES string of the molecule is CSc1ncc2c(n1)C(=O)CCC2. The van der Waals surface area contributed by atoms with E-state index in [1.165, 1.54) is 11.8 Å². The molecule has 1 aliphatic carbocycles. The minimum atomic E-state index is 0.166. The summed E-state index contributed by atoms with van der Waals surface area (Å²) in [5.74, 6) is 0.166. The summed E-state index contributed by atoms with van der Waals surface area (Å²) in [5, 5.41) is 0.689. The summed E-state index contributed by atoms with van der Waals surface area (Å²) in [4.78, 5) is 19.8. The molecule has 1 heterocycles. The normalized spacial score (nSPS) is 15.6. The third-order valence-electron chi connectivity index (χ3n) is 2.14. The second-order valence-electron chi connectivity index (χ2n) is 3.01. The number of nitrogens with zero attached hydrogens (tertiary/aromatic N) is 2. The Morgan fingerprint density at radius 1 is 1.46 bits per heavy atom. The summed E-state index contributed by atoms with van der Waals surface area (Å²) >= 11 is 1.47. The Hall–Kier alpha value is -0.900. The maximum atomic E-state index is 11.5. The van der Waals surface area contributed by atoms with E-state index in [9.17, 15) is 4.79 Å². The number of thioether (sulfide) groups is 1. The second-order valence-corrected chi connectivity index (χ2v) is 3.78. The van der Waals surface area contributed by atoms with Crippen molar-refractivity contribution in [3.8, 4) is 0 Å². The zero-order chi connectivity index (χ0) is 9.26. The third kappa shape index (κ3) is 1.58. The number of hydrogen-bond donors (Lipinski definition) is 0. The lowest BCUT2D eigenvalue weighted by Crippen LogP contribution is -2.14. The van der Waals surface area contributed by atoms with Crippen LogP contribution in [0.2, 0.25) is 0 Å². The minimum absolute atomic E-state index is 0.166. The lowest BCUT2D eigenvalue weighted by atomic mass is 9.96. The molecule has 0 fully saturated rings. The number of ketones is 1. The highest BCUT2D eigenvalue weighted by molar-refractivity contribution is 7.98. The molecule has 13 heavy (non-hydrogen) atoms. The van der Waals surface area contributed by atoms with E-state index in [1.807, 2.05) is 6.26 Å². The van der Waals surface area contributed by atoms with Crippen molar-refractivity contribution in [2.75, 3.05) is 6.26 Å². The summed E-state index contributed by atoms with van der Waals surface area (Å²) in [7, 11) is 0. The van der Waals surface area contributed by atoms with E-state index < -0.39 is 0 Å². The summed E-state index contributed by atoms with van der Waals surface area (Å²) in [5.41, 5.74) is 1.65. The van der Waals surface area contributed by atoms with Crippen LogP contribution in [0.5, 0.6) is 0 Å². The van der Waals surface area contributed by atoms with Crippen LogP contribution in [0.1, 0.15) is 28.9 Å². The van der Waals surface area contributed by atoms with E-state index in [-0.39, 0.29) is 5.78 Å². The number of aryl methyl sites for hydroxylation is 1. The molecule has 3 nitrogen and oxygen atoms in total. The Morgan fingerprint density at radius 3 is 3.08 bits per heavy atom. The quantitative estimate of drug-likeness (QED) is 0.504. The molecule has 0 aromatic carbocycles. The fourth-order valence-electron chi connectivity index (χ4n) is 1.47. The third-order valence-corrected chi connectivity index (χ3v) is 2.70. The van der Waals surface area contributed by atoms with E-state index in [1.54, 1.807) is 6.20 Å².